The van der Waals surface area contributed by atoms with E-state index in [2.05, 4.69) is 39.6 Å². The molecule has 2 heterocycles. The molecule has 6 heteroatoms. The van der Waals surface area contributed by atoms with Crippen LogP contribution in [0.4, 0.5) is 0 Å². The average Bonchev–Trinajstić information content (AvgIpc) is 3.27. The van der Waals surface area contributed by atoms with Crippen molar-refractivity contribution in [1.82, 2.24) is 15.5 Å². The summed E-state index contributed by atoms with van der Waals surface area (Å²) < 4.78 is 11.1. The number of piperidine rings is 1. The minimum Gasteiger partial charge on any atom is -0.496 e. The predicted octanol–water partition coefficient (Wildman–Crippen LogP) is 3.57. The lowest BCUT2D eigenvalue weighted by Crippen LogP contribution is -2.44. The number of hydrogen-bond donors (Lipinski definition) is 2. The number of para-hydroxylation sites is 1. The Bertz CT molecular complexity index is 724. The Hall–Kier alpha value is -2.47. The van der Waals surface area contributed by atoms with Gasteiger partial charge in [-0.1, -0.05) is 24.6 Å². The highest BCUT2D eigenvalue weighted by Gasteiger charge is 2.25. The topological polar surface area (TPSA) is 62.0 Å². The van der Waals surface area contributed by atoms with E-state index in [1.54, 1.807) is 13.4 Å². The number of nitrogens with zero attached hydrogens (tertiary/aromatic N) is 2. The first kappa shape index (κ1) is 20.3. The zero-order valence-electron chi connectivity index (χ0n) is 17.0. The first-order valence-corrected chi connectivity index (χ1v) is 10.2. The highest BCUT2D eigenvalue weighted by atomic mass is 16.5. The molecule has 3 rings (SSSR count). The summed E-state index contributed by atoms with van der Waals surface area (Å²) in [6.07, 6.45) is 5.49. The Labute approximate surface area is 168 Å². The maximum absolute atomic E-state index is 5.66. The Kier molecular flexibility index (Phi) is 7.79. The van der Waals surface area contributed by atoms with Gasteiger partial charge in [0.2, 0.25) is 0 Å². The molecule has 1 aliphatic heterocycles. The maximum atomic E-state index is 5.66. The number of benzene rings is 1. The van der Waals surface area contributed by atoms with E-state index < -0.39 is 0 Å². The molecule has 2 N–H and O–H groups in total. The summed E-state index contributed by atoms with van der Waals surface area (Å²) in [7, 11) is 1.74. The van der Waals surface area contributed by atoms with Crippen LogP contribution in [0.5, 0.6) is 5.75 Å². The van der Waals surface area contributed by atoms with E-state index in [1.807, 2.05) is 24.3 Å². The molecule has 0 saturated carbocycles. The van der Waals surface area contributed by atoms with Crippen molar-refractivity contribution in [1.29, 1.82) is 0 Å². The molecule has 1 atom stereocenters. The van der Waals surface area contributed by atoms with Crippen LogP contribution in [0.2, 0.25) is 0 Å². The summed E-state index contributed by atoms with van der Waals surface area (Å²) in [6.45, 7) is 6.41. The molecule has 2 aromatic rings. The van der Waals surface area contributed by atoms with Gasteiger partial charge in [-0.25, -0.2) is 4.99 Å². The molecule has 0 amide bonds. The normalized spacial score (nSPS) is 16.6. The fraction of sp³-hybridized carbons (Fsp3) is 0.500. The van der Waals surface area contributed by atoms with Crippen molar-refractivity contribution in [3.8, 4) is 5.75 Å². The number of methoxy groups -OCH3 is 1. The van der Waals surface area contributed by atoms with E-state index >= 15 is 0 Å². The number of likely N-dealkylation sites (tertiary alicyclic amines) is 1. The van der Waals surface area contributed by atoms with Gasteiger partial charge in [0.05, 0.1) is 19.4 Å². The number of rotatable bonds is 8. The lowest BCUT2D eigenvalue weighted by Gasteiger charge is -2.35. The van der Waals surface area contributed by atoms with Gasteiger partial charge in [-0.2, -0.15) is 0 Å². The largest absolute Gasteiger partial charge is 0.496 e. The van der Waals surface area contributed by atoms with E-state index in [0.29, 0.717) is 6.54 Å². The number of aliphatic imine (C=N–C) groups is 1. The van der Waals surface area contributed by atoms with Gasteiger partial charge in [0.1, 0.15) is 18.1 Å². The first-order chi connectivity index (χ1) is 13.8. The Balaban J connectivity index is 1.74. The lowest BCUT2D eigenvalue weighted by atomic mass is 10.0. The minimum atomic E-state index is 0.240. The second-order valence-electron chi connectivity index (χ2n) is 7.01. The van der Waals surface area contributed by atoms with Crippen molar-refractivity contribution in [3.63, 3.8) is 0 Å². The number of furan rings is 1. The standard InChI is InChI=1S/C22H32N4O2/c1-3-23-22(24-16-18-10-9-15-28-18)25-17-20(26-13-7-4-8-14-26)19-11-5-6-12-21(19)27-2/h5-6,9-12,15,20H,3-4,7-8,13-14,16-17H2,1-2H3,(H2,23,24,25). The van der Waals surface area contributed by atoms with Crippen LogP contribution >= 0.6 is 0 Å². The molecule has 0 bridgehead atoms. The Morgan fingerprint density at radius 2 is 1.96 bits per heavy atom. The molecule has 1 aliphatic rings. The summed E-state index contributed by atoms with van der Waals surface area (Å²) in [6, 6.07) is 12.4. The summed E-state index contributed by atoms with van der Waals surface area (Å²) in [5.74, 6) is 2.60. The van der Waals surface area contributed by atoms with Crippen molar-refractivity contribution in [2.24, 2.45) is 4.99 Å². The molecule has 1 aromatic carbocycles. The number of nitrogens with one attached hydrogen (secondary N) is 2. The van der Waals surface area contributed by atoms with Crippen LogP contribution in [0.1, 0.15) is 43.6 Å². The second kappa shape index (κ2) is 10.8. The van der Waals surface area contributed by atoms with E-state index in [1.165, 1.54) is 24.8 Å². The van der Waals surface area contributed by atoms with Gasteiger partial charge in [-0.3, -0.25) is 4.90 Å². The van der Waals surface area contributed by atoms with Gasteiger partial charge in [0.25, 0.3) is 0 Å². The molecule has 28 heavy (non-hydrogen) atoms. The van der Waals surface area contributed by atoms with Gasteiger partial charge in [-0.15, -0.1) is 0 Å². The second-order valence-corrected chi connectivity index (χ2v) is 7.01. The predicted molar refractivity (Wildman–Crippen MR) is 113 cm³/mol. The minimum absolute atomic E-state index is 0.240. The molecular weight excluding hydrogens is 352 g/mol. The number of hydrogen-bond acceptors (Lipinski definition) is 4. The molecule has 1 aromatic heterocycles. The van der Waals surface area contributed by atoms with Gasteiger partial charge < -0.3 is 19.8 Å². The zero-order chi connectivity index (χ0) is 19.6. The van der Waals surface area contributed by atoms with Crippen molar-refractivity contribution in [3.05, 3.63) is 54.0 Å². The van der Waals surface area contributed by atoms with E-state index in [9.17, 15) is 0 Å². The summed E-state index contributed by atoms with van der Waals surface area (Å²) in [4.78, 5) is 7.22. The fourth-order valence-electron chi connectivity index (χ4n) is 3.70. The van der Waals surface area contributed by atoms with Crippen molar-refractivity contribution in [2.75, 3.05) is 33.3 Å². The Morgan fingerprint density at radius 3 is 2.68 bits per heavy atom. The maximum Gasteiger partial charge on any atom is 0.191 e. The molecule has 1 saturated heterocycles. The van der Waals surface area contributed by atoms with Crippen LogP contribution < -0.4 is 15.4 Å². The highest BCUT2D eigenvalue weighted by molar-refractivity contribution is 5.79. The molecule has 1 fully saturated rings. The molecule has 1 unspecified atom stereocenters. The Morgan fingerprint density at radius 1 is 1.14 bits per heavy atom. The quantitative estimate of drug-likeness (QED) is 0.538. The van der Waals surface area contributed by atoms with E-state index in [0.717, 1.165) is 43.6 Å². The third kappa shape index (κ3) is 5.52. The molecular formula is C22H32N4O2. The van der Waals surface area contributed by atoms with Gasteiger partial charge >= 0.3 is 0 Å². The van der Waals surface area contributed by atoms with Crippen molar-refractivity contribution >= 4 is 5.96 Å². The molecule has 0 radical (unpaired) electrons. The third-order valence-corrected chi connectivity index (χ3v) is 5.11. The molecule has 0 aliphatic carbocycles. The smallest absolute Gasteiger partial charge is 0.191 e. The summed E-state index contributed by atoms with van der Waals surface area (Å²) in [5, 5.41) is 6.86. The third-order valence-electron chi connectivity index (χ3n) is 5.11. The average molecular weight is 385 g/mol. The van der Waals surface area contributed by atoms with Crippen LogP contribution in [-0.2, 0) is 6.54 Å². The summed E-state index contributed by atoms with van der Waals surface area (Å²) >= 11 is 0. The molecule has 6 nitrogen and oxygen atoms in total. The lowest BCUT2D eigenvalue weighted by molar-refractivity contribution is 0.161. The van der Waals surface area contributed by atoms with Gasteiger partial charge in [-0.05, 0) is 51.1 Å². The first-order valence-electron chi connectivity index (χ1n) is 10.2. The van der Waals surface area contributed by atoms with E-state index in [4.69, 9.17) is 9.15 Å². The van der Waals surface area contributed by atoms with Crippen LogP contribution in [0.25, 0.3) is 0 Å². The van der Waals surface area contributed by atoms with Crippen LogP contribution in [0, 0.1) is 0 Å². The van der Waals surface area contributed by atoms with Crippen molar-refractivity contribution < 1.29 is 9.15 Å². The molecule has 152 valence electrons. The van der Waals surface area contributed by atoms with Gasteiger partial charge in [0.15, 0.2) is 5.96 Å². The van der Waals surface area contributed by atoms with E-state index in [-0.39, 0.29) is 6.04 Å². The van der Waals surface area contributed by atoms with Crippen LogP contribution in [-0.4, -0.2) is 44.1 Å². The van der Waals surface area contributed by atoms with Crippen molar-refractivity contribution in [2.45, 2.75) is 38.8 Å². The fourth-order valence-corrected chi connectivity index (χ4v) is 3.70. The molecule has 0 spiro atoms. The zero-order valence-corrected chi connectivity index (χ0v) is 17.0. The number of ether oxygens (including phenoxy) is 1. The SMILES string of the molecule is CCNC(=NCc1ccco1)NCC(c1ccccc1OC)N1CCCCC1. The summed E-state index contributed by atoms with van der Waals surface area (Å²) in [5.41, 5.74) is 1.22. The number of guanidine groups is 1. The van der Waals surface area contributed by atoms with Gasteiger partial charge in [0, 0.05) is 18.7 Å². The van der Waals surface area contributed by atoms with Crippen LogP contribution in [0.15, 0.2) is 52.1 Å². The monoisotopic (exact) mass is 384 g/mol. The van der Waals surface area contributed by atoms with Crippen LogP contribution in [0.3, 0.4) is 0 Å². The highest BCUT2D eigenvalue weighted by Crippen LogP contribution is 2.30.